The number of piperazine rings is 1. The Kier molecular flexibility index (Phi) is 3.88. The maximum atomic E-state index is 13.2. The van der Waals surface area contributed by atoms with Gasteiger partial charge in [0, 0.05) is 23.7 Å². The minimum atomic E-state index is -3.79. The molecule has 1 aliphatic heterocycles. The van der Waals surface area contributed by atoms with Crippen LogP contribution in [0.15, 0.2) is 40.0 Å². The minimum Gasteiger partial charge on any atom is -0.351 e. The molecule has 25 heavy (non-hydrogen) atoms. The fraction of sp³-hybridized carbons (Fsp3) is 0.412. The van der Waals surface area contributed by atoms with Gasteiger partial charge in [-0.25, -0.2) is 8.42 Å². The first-order valence-electron chi connectivity index (χ1n) is 8.39. The number of hydrogen-bond donors (Lipinski definition) is 2. The number of benzene rings is 1. The number of pyridine rings is 1. The maximum Gasteiger partial charge on any atom is 0.248 e. The summed E-state index contributed by atoms with van der Waals surface area (Å²) in [5.41, 5.74) is 0.347. The summed E-state index contributed by atoms with van der Waals surface area (Å²) in [7, 11) is -3.79. The monoisotopic (exact) mass is 361 g/mol. The third-order valence-corrected chi connectivity index (χ3v) is 6.91. The van der Waals surface area contributed by atoms with Crippen LogP contribution in [-0.4, -0.2) is 42.2 Å². The molecule has 1 saturated carbocycles. The van der Waals surface area contributed by atoms with Crippen LogP contribution < -0.4 is 10.9 Å². The molecule has 132 valence electrons. The number of sulfonamides is 1. The van der Waals surface area contributed by atoms with Crippen LogP contribution in [0.1, 0.15) is 25.7 Å². The zero-order chi connectivity index (χ0) is 17.6. The highest BCUT2D eigenvalue weighted by Crippen LogP contribution is 2.31. The second-order valence-electron chi connectivity index (χ2n) is 6.65. The summed E-state index contributed by atoms with van der Waals surface area (Å²) in [4.78, 5) is 26.2. The molecule has 4 rings (SSSR count). The van der Waals surface area contributed by atoms with Crippen molar-refractivity contribution < 1.29 is 13.2 Å². The number of amides is 1. The van der Waals surface area contributed by atoms with Crippen molar-refractivity contribution in [2.75, 3.05) is 6.54 Å². The molecule has 0 radical (unpaired) electrons. The molecule has 0 spiro atoms. The van der Waals surface area contributed by atoms with Gasteiger partial charge < -0.3 is 10.3 Å². The van der Waals surface area contributed by atoms with Crippen molar-refractivity contribution in [1.29, 1.82) is 0 Å². The molecule has 1 aromatic heterocycles. The Hall–Kier alpha value is -2.19. The molecule has 8 heteroatoms. The summed E-state index contributed by atoms with van der Waals surface area (Å²) in [6, 6.07) is 7.28. The highest BCUT2D eigenvalue weighted by atomic mass is 32.2. The van der Waals surface area contributed by atoms with Gasteiger partial charge in [0.15, 0.2) is 0 Å². The summed E-state index contributed by atoms with van der Waals surface area (Å²) in [5.74, 6) is -0.253. The fourth-order valence-corrected chi connectivity index (χ4v) is 5.51. The number of nitrogens with one attached hydrogen (secondary N) is 2. The molecule has 2 aliphatic rings. The van der Waals surface area contributed by atoms with E-state index in [0.29, 0.717) is 10.9 Å². The molecule has 1 amide bonds. The third-order valence-electron chi connectivity index (χ3n) is 5.05. The van der Waals surface area contributed by atoms with Gasteiger partial charge in [0.1, 0.15) is 0 Å². The van der Waals surface area contributed by atoms with Crippen molar-refractivity contribution in [3.8, 4) is 0 Å². The van der Waals surface area contributed by atoms with Crippen LogP contribution in [0.4, 0.5) is 0 Å². The van der Waals surface area contributed by atoms with Crippen LogP contribution in [0.3, 0.4) is 0 Å². The van der Waals surface area contributed by atoms with E-state index < -0.39 is 10.0 Å². The lowest BCUT2D eigenvalue weighted by Gasteiger charge is -2.42. The van der Waals surface area contributed by atoms with Gasteiger partial charge in [-0.1, -0.05) is 12.8 Å². The highest BCUT2D eigenvalue weighted by molar-refractivity contribution is 7.89. The summed E-state index contributed by atoms with van der Waals surface area (Å²) in [6.07, 6.45) is 3.52. The van der Waals surface area contributed by atoms with E-state index in [0.717, 1.165) is 25.7 Å². The molecule has 1 aromatic carbocycles. The van der Waals surface area contributed by atoms with E-state index in [1.807, 2.05) is 0 Å². The van der Waals surface area contributed by atoms with Crippen LogP contribution >= 0.6 is 0 Å². The van der Waals surface area contributed by atoms with E-state index in [2.05, 4.69) is 10.3 Å². The third kappa shape index (κ3) is 2.85. The highest BCUT2D eigenvalue weighted by Gasteiger charge is 2.42. The lowest BCUT2D eigenvalue weighted by Crippen LogP contribution is -2.62. The van der Waals surface area contributed by atoms with Gasteiger partial charge in [-0.15, -0.1) is 0 Å². The molecular formula is C17H19N3O4S. The number of aromatic amines is 1. The van der Waals surface area contributed by atoms with E-state index in [1.54, 1.807) is 18.2 Å². The lowest BCUT2D eigenvalue weighted by atomic mass is 9.89. The average Bonchev–Trinajstić information content (AvgIpc) is 2.60. The Morgan fingerprint density at radius 2 is 1.84 bits per heavy atom. The number of aromatic nitrogens is 1. The first kappa shape index (κ1) is 16.3. The Bertz CT molecular complexity index is 998. The molecule has 2 unspecified atom stereocenters. The number of rotatable bonds is 2. The van der Waals surface area contributed by atoms with Crippen molar-refractivity contribution in [3.05, 3.63) is 40.7 Å². The second kappa shape index (κ2) is 5.96. The SMILES string of the molecule is O=C1CN(S(=O)(=O)c2ccc3[nH]c(=O)ccc3c2)C2CCCCC2N1. The zero-order valence-corrected chi connectivity index (χ0v) is 14.4. The molecule has 2 atom stereocenters. The van der Waals surface area contributed by atoms with Crippen LogP contribution in [0.5, 0.6) is 0 Å². The topological polar surface area (TPSA) is 99.3 Å². The molecule has 2 N–H and O–H groups in total. The Labute approximate surface area is 145 Å². The summed E-state index contributed by atoms with van der Waals surface area (Å²) in [5, 5.41) is 3.56. The normalized spacial score (nSPS) is 24.7. The Morgan fingerprint density at radius 3 is 2.68 bits per heavy atom. The van der Waals surface area contributed by atoms with Gasteiger partial charge >= 0.3 is 0 Å². The number of carbonyl (C=O) groups is 1. The van der Waals surface area contributed by atoms with E-state index in [1.165, 1.54) is 16.4 Å². The van der Waals surface area contributed by atoms with Crippen LogP contribution in [0.2, 0.25) is 0 Å². The molecule has 1 saturated heterocycles. The number of hydrogen-bond acceptors (Lipinski definition) is 4. The molecule has 2 fully saturated rings. The summed E-state index contributed by atoms with van der Waals surface area (Å²) >= 11 is 0. The number of H-pyrrole nitrogens is 1. The van der Waals surface area contributed by atoms with Crippen molar-refractivity contribution in [1.82, 2.24) is 14.6 Å². The first-order valence-corrected chi connectivity index (χ1v) is 9.83. The number of fused-ring (bicyclic) bond motifs is 2. The van der Waals surface area contributed by atoms with Gasteiger partial charge in [-0.3, -0.25) is 9.59 Å². The zero-order valence-electron chi connectivity index (χ0n) is 13.6. The average molecular weight is 361 g/mol. The van der Waals surface area contributed by atoms with Crippen molar-refractivity contribution >= 4 is 26.8 Å². The van der Waals surface area contributed by atoms with E-state index in [9.17, 15) is 18.0 Å². The molecule has 1 aliphatic carbocycles. The molecule has 0 bridgehead atoms. The standard InChI is InChI=1S/C17H19N3O4S/c21-16-8-5-11-9-12(6-7-13(11)18-16)25(23,24)20-10-17(22)19-14-3-1-2-4-15(14)20/h5-9,14-15H,1-4,10H2,(H,18,21)(H,19,22). The van der Waals surface area contributed by atoms with Crippen molar-refractivity contribution in [2.24, 2.45) is 0 Å². The van der Waals surface area contributed by atoms with Gasteiger partial charge in [-0.2, -0.15) is 4.31 Å². The van der Waals surface area contributed by atoms with Crippen molar-refractivity contribution in [2.45, 2.75) is 42.7 Å². The molecule has 2 aromatic rings. The van der Waals surface area contributed by atoms with Crippen LogP contribution in [-0.2, 0) is 14.8 Å². The van der Waals surface area contributed by atoms with E-state index >= 15 is 0 Å². The van der Waals surface area contributed by atoms with E-state index in [4.69, 9.17) is 0 Å². The molecule has 7 nitrogen and oxygen atoms in total. The predicted molar refractivity (Wildman–Crippen MR) is 92.6 cm³/mol. The van der Waals surface area contributed by atoms with Gasteiger partial charge in [0.2, 0.25) is 21.5 Å². The Balaban J connectivity index is 1.76. The van der Waals surface area contributed by atoms with Crippen LogP contribution in [0, 0.1) is 0 Å². The summed E-state index contributed by atoms with van der Waals surface area (Å²) < 4.78 is 27.7. The molecular weight excluding hydrogens is 342 g/mol. The van der Waals surface area contributed by atoms with Crippen LogP contribution in [0.25, 0.3) is 10.9 Å². The quantitative estimate of drug-likeness (QED) is 0.832. The minimum absolute atomic E-state index is 0.110. The maximum absolute atomic E-state index is 13.2. The fourth-order valence-electron chi connectivity index (χ4n) is 3.83. The molecule has 2 heterocycles. The van der Waals surface area contributed by atoms with Gasteiger partial charge in [0.25, 0.3) is 0 Å². The number of nitrogens with zero attached hydrogens (tertiary/aromatic N) is 1. The lowest BCUT2D eigenvalue weighted by molar-refractivity contribution is -0.125. The second-order valence-corrected chi connectivity index (χ2v) is 8.54. The number of carbonyl (C=O) groups excluding carboxylic acids is 1. The van der Waals surface area contributed by atoms with Gasteiger partial charge in [0.05, 0.1) is 11.4 Å². The largest absolute Gasteiger partial charge is 0.351 e. The Morgan fingerprint density at radius 1 is 1.04 bits per heavy atom. The summed E-state index contributed by atoms with van der Waals surface area (Å²) in [6.45, 7) is -0.146. The van der Waals surface area contributed by atoms with E-state index in [-0.39, 0.29) is 35.0 Å². The smallest absolute Gasteiger partial charge is 0.248 e. The predicted octanol–water partition coefficient (Wildman–Crippen LogP) is 0.960. The van der Waals surface area contributed by atoms with Crippen molar-refractivity contribution in [3.63, 3.8) is 0 Å². The first-order chi connectivity index (χ1) is 11.9. The van der Waals surface area contributed by atoms with Gasteiger partial charge in [-0.05, 0) is 42.5 Å².